The van der Waals surface area contributed by atoms with Crippen molar-refractivity contribution in [2.24, 2.45) is 5.92 Å². The van der Waals surface area contributed by atoms with E-state index in [1.54, 1.807) is 18.7 Å². The Labute approximate surface area is 132 Å². The largest absolute Gasteiger partial charge is 0.481 e. The van der Waals surface area contributed by atoms with E-state index in [-0.39, 0.29) is 0 Å². The Balaban J connectivity index is 2.40. The van der Waals surface area contributed by atoms with E-state index < -0.39 is 36.2 Å². The van der Waals surface area contributed by atoms with Gasteiger partial charge in [-0.05, 0) is 5.56 Å². The van der Waals surface area contributed by atoms with Crippen LogP contribution in [0.2, 0.25) is 0 Å². The molecule has 0 fully saturated rings. The van der Waals surface area contributed by atoms with Crippen LogP contribution in [0.15, 0.2) is 30.3 Å². The van der Waals surface area contributed by atoms with Crippen molar-refractivity contribution in [2.75, 3.05) is 5.75 Å². The van der Waals surface area contributed by atoms with E-state index >= 15 is 0 Å². The van der Waals surface area contributed by atoms with E-state index in [1.807, 2.05) is 30.3 Å². The molecule has 0 bridgehead atoms. The quantitative estimate of drug-likeness (QED) is 0.637. The van der Waals surface area contributed by atoms with Gasteiger partial charge in [0.05, 0.1) is 6.42 Å². The van der Waals surface area contributed by atoms with E-state index in [4.69, 9.17) is 10.2 Å². The van der Waals surface area contributed by atoms with Crippen LogP contribution in [-0.4, -0.2) is 39.9 Å². The molecule has 0 saturated heterocycles. The van der Waals surface area contributed by atoms with E-state index in [0.29, 0.717) is 5.75 Å². The van der Waals surface area contributed by atoms with Gasteiger partial charge in [0.2, 0.25) is 5.91 Å². The van der Waals surface area contributed by atoms with Gasteiger partial charge in [0.1, 0.15) is 6.04 Å². The molecule has 0 spiro atoms. The molecule has 0 saturated carbocycles. The first-order chi connectivity index (χ1) is 10.4. The number of benzene rings is 1. The Hall–Kier alpha value is -2.02. The molecule has 6 nitrogen and oxygen atoms in total. The molecule has 1 unspecified atom stereocenters. The average Bonchev–Trinajstić information content (AvgIpc) is 2.46. The third kappa shape index (κ3) is 6.62. The second-order valence-electron chi connectivity index (χ2n) is 4.90. The maximum Gasteiger partial charge on any atom is 0.326 e. The Morgan fingerprint density at radius 3 is 2.36 bits per heavy atom. The van der Waals surface area contributed by atoms with Crippen LogP contribution in [0.25, 0.3) is 0 Å². The zero-order valence-electron chi connectivity index (χ0n) is 12.2. The van der Waals surface area contributed by atoms with Gasteiger partial charge in [0, 0.05) is 17.4 Å². The average molecular weight is 325 g/mol. The lowest BCUT2D eigenvalue weighted by molar-refractivity contribution is -0.147. The number of hydrogen-bond acceptors (Lipinski definition) is 4. The maximum absolute atomic E-state index is 11.9. The monoisotopic (exact) mass is 325 g/mol. The van der Waals surface area contributed by atoms with Gasteiger partial charge in [-0.1, -0.05) is 37.3 Å². The lowest BCUT2D eigenvalue weighted by atomic mass is 10.1. The molecular formula is C15H19NO5S. The van der Waals surface area contributed by atoms with Crippen molar-refractivity contribution in [2.45, 2.75) is 25.1 Å². The molecule has 0 radical (unpaired) electrons. The fourth-order valence-corrected chi connectivity index (χ4v) is 2.74. The zero-order valence-corrected chi connectivity index (χ0v) is 13.0. The lowest BCUT2D eigenvalue weighted by Gasteiger charge is -2.16. The minimum atomic E-state index is -1.40. The Morgan fingerprint density at radius 2 is 1.82 bits per heavy atom. The predicted molar refractivity (Wildman–Crippen MR) is 83.6 cm³/mol. The molecule has 0 aliphatic carbocycles. The summed E-state index contributed by atoms with van der Waals surface area (Å²) in [5.41, 5.74) is 1.15. The van der Waals surface area contributed by atoms with Crippen LogP contribution in [0.5, 0.6) is 0 Å². The first kappa shape index (κ1) is 18.0. The topological polar surface area (TPSA) is 104 Å². The van der Waals surface area contributed by atoms with Crippen LogP contribution in [0.1, 0.15) is 18.9 Å². The maximum atomic E-state index is 11.9. The molecule has 0 aliphatic rings. The van der Waals surface area contributed by atoms with Crippen LogP contribution in [0.4, 0.5) is 0 Å². The van der Waals surface area contributed by atoms with Crippen molar-refractivity contribution >= 4 is 29.6 Å². The lowest BCUT2D eigenvalue weighted by Crippen LogP contribution is -2.44. The smallest absolute Gasteiger partial charge is 0.326 e. The zero-order chi connectivity index (χ0) is 16.5. The second kappa shape index (κ2) is 9.09. The first-order valence-electron chi connectivity index (χ1n) is 6.76. The highest BCUT2D eigenvalue weighted by Crippen LogP contribution is 2.15. The molecule has 0 heterocycles. The summed E-state index contributed by atoms with van der Waals surface area (Å²) < 4.78 is 0. The summed E-state index contributed by atoms with van der Waals surface area (Å²) in [7, 11) is 0. The first-order valence-corrected chi connectivity index (χ1v) is 7.92. The van der Waals surface area contributed by atoms with Crippen LogP contribution in [0, 0.1) is 5.92 Å². The number of thioether (sulfide) groups is 1. The Kier molecular flexibility index (Phi) is 7.45. The number of nitrogens with one attached hydrogen (secondary N) is 1. The van der Waals surface area contributed by atoms with Crippen molar-refractivity contribution in [3.05, 3.63) is 35.9 Å². The number of hydrogen-bond donors (Lipinski definition) is 3. The van der Waals surface area contributed by atoms with Gasteiger partial charge in [0.15, 0.2) is 0 Å². The number of aliphatic carboxylic acids is 2. The summed E-state index contributed by atoms with van der Waals surface area (Å²) in [6, 6.07) is 8.39. The molecule has 0 aliphatic heterocycles. The molecule has 1 aromatic rings. The van der Waals surface area contributed by atoms with Crippen molar-refractivity contribution in [1.29, 1.82) is 0 Å². The van der Waals surface area contributed by atoms with Gasteiger partial charge in [-0.3, -0.25) is 9.59 Å². The highest BCUT2D eigenvalue weighted by molar-refractivity contribution is 7.98. The predicted octanol–water partition coefficient (Wildman–Crippen LogP) is 1.60. The second-order valence-corrected chi connectivity index (χ2v) is 5.93. The van der Waals surface area contributed by atoms with Gasteiger partial charge >= 0.3 is 11.9 Å². The highest BCUT2D eigenvalue weighted by Gasteiger charge is 2.25. The van der Waals surface area contributed by atoms with Crippen LogP contribution < -0.4 is 5.32 Å². The molecule has 1 rings (SSSR count). The summed E-state index contributed by atoms with van der Waals surface area (Å²) in [5.74, 6) is -2.17. The normalized spacial score (nSPS) is 13.1. The molecule has 1 amide bonds. The van der Waals surface area contributed by atoms with Crippen LogP contribution in [0.3, 0.4) is 0 Å². The van der Waals surface area contributed by atoms with Crippen LogP contribution >= 0.6 is 11.8 Å². The molecule has 1 aromatic carbocycles. The fourth-order valence-electron chi connectivity index (χ4n) is 1.69. The van der Waals surface area contributed by atoms with Crippen LogP contribution in [-0.2, 0) is 20.1 Å². The highest BCUT2D eigenvalue weighted by atomic mass is 32.2. The van der Waals surface area contributed by atoms with E-state index in [2.05, 4.69) is 5.32 Å². The standard InChI is InChI=1S/C15H19NO5S/c1-10(8-22-9-11-5-3-2-4-6-11)14(19)16-12(15(20)21)7-13(17)18/h2-6,10,12H,7-9H2,1H3,(H,16,19)(H,17,18)(H,20,21)/t10?,12-/m0/s1. The summed E-state index contributed by atoms with van der Waals surface area (Å²) >= 11 is 1.57. The fraction of sp³-hybridized carbons (Fsp3) is 0.400. The number of carbonyl (C=O) groups is 3. The van der Waals surface area contributed by atoms with Crippen molar-refractivity contribution in [1.82, 2.24) is 5.32 Å². The van der Waals surface area contributed by atoms with Gasteiger partial charge in [-0.2, -0.15) is 11.8 Å². The van der Waals surface area contributed by atoms with Crippen molar-refractivity contribution in [3.8, 4) is 0 Å². The molecule has 22 heavy (non-hydrogen) atoms. The summed E-state index contributed by atoms with van der Waals surface area (Å²) in [6.07, 6.45) is -0.634. The summed E-state index contributed by atoms with van der Waals surface area (Å²) in [6.45, 7) is 1.69. The number of carboxylic acids is 2. The van der Waals surface area contributed by atoms with Crippen molar-refractivity contribution in [3.63, 3.8) is 0 Å². The molecule has 3 N–H and O–H groups in total. The third-order valence-electron chi connectivity index (χ3n) is 2.92. The molecular weight excluding hydrogens is 306 g/mol. The minimum absolute atomic E-state index is 0.399. The molecule has 2 atom stereocenters. The minimum Gasteiger partial charge on any atom is -0.481 e. The van der Waals surface area contributed by atoms with Gasteiger partial charge in [-0.15, -0.1) is 0 Å². The van der Waals surface area contributed by atoms with E-state index in [1.165, 1.54) is 0 Å². The third-order valence-corrected chi connectivity index (χ3v) is 4.19. The number of rotatable bonds is 9. The van der Waals surface area contributed by atoms with E-state index in [0.717, 1.165) is 11.3 Å². The summed E-state index contributed by atoms with van der Waals surface area (Å²) in [4.78, 5) is 33.4. The van der Waals surface area contributed by atoms with E-state index in [9.17, 15) is 14.4 Å². The van der Waals surface area contributed by atoms with Gasteiger partial charge < -0.3 is 15.5 Å². The van der Waals surface area contributed by atoms with Crippen molar-refractivity contribution < 1.29 is 24.6 Å². The van der Waals surface area contributed by atoms with Gasteiger partial charge in [0.25, 0.3) is 0 Å². The Bertz CT molecular complexity index is 520. The number of amides is 1. The Morgan fingerprint density at radius 1 is 1.18 bits per heavy atom. The molecule has 120 valence electrons. The summed E-state index contributed by atoms with van der Waals surface area (Å²) in [5, 5.41) is 19.8. The number of carbonyl (C=O) groups excluding carboxylic acids is 1. The SMILES string of the molecule is CC(CSCc1ccccc1)C(=O)N[C@@H](CC(=O)O)C(=O)O. The molecule has 0 aromatic heterocycles. The molecule has 7 heteroatoms. The van der Waals surface area contributed by atoms with Gasteiger partial charge in [-0.25, -0.2) is 4.79 Å². The number of carboxylic acid groups (broad SMARTS) is 2.